The van der Waals surface area contributed by atoms with Crippen molar-refractivity contribution in [2.75, 3.05) is 12.4 Å². The molecule has 1 saturated carbocycles. The number of carbonyl (C=O) groups is 1. The first-order chi connectivity index (χ1) is 9.62. The maximum absolute atomic E-state index is 12.1. The Labute approximate surface area is 116 Å². The van der Waals surface area contributed by atoms with Crippen LogP contribution < -0.4 is 5.32 Å². The zero-order valence-electron chi connectivity index (χ0n) is 11.7. The van der Waals surface area contributed by atoms with Crippen LogP contribution in [0.3, 0.4) is 0 Å². The van der Waals surface area contributed by atoms with E-state index in [1.54, 1.807) is 13.3 Å². The number of anilines is 1. The van der Waals surface area contributed by atoms with Gasteiger partial charge in [-0.05, 0) is 32.3 Å². The van der Waals surface area contributed by atoms with Gasteiger partial charge in [-0.15, -0.1) is 0 Å². The Morgan fingerprint density at radius 3 is 3.00 bits per heavy atom. The van der Waals surface area contributed by atoms with Crippen molar-refractivity contribution >= 4 is 22.6 Å². The number of fused-ring (bicyclic) bond motifs is 1. The minimum atomic E-state index is -0.257. The summed E-state index contributed by atoms with van der Waals surface area (Å²) in [5.74, 6) is -0.0335. The summed E-state index contributed by atoms with van der Waals surface area (Å²) < 4.78 is 5.47. The summed E-state index contributed by atoms with van der Waals surface area (Å²) in [6.45, 7) is 1.93. The van der Waals surface area contributed by atoms with E-state index in [4.69, 9.17) is 4.74 Å². The van der Waals surface area contributed by atoms with Crippen LogP contribution in [0.4, 0.5) is 5.69 Å². The van der Waals surface area contributed by atoms with Gasteiger partial charge in [-0.3, -0.25) is 9.89 Å². The van der Waals surface area contributed by atoms with Gasteiger partial charge in [0.15, 0.2) is 5.65 Å². The van der Waals surface area contributed by atoms with Crippen LogP contribution in [0.25, 0.3) is 11.0 Å². The molecule has 0 spiro atoms. The molecule has 2 N–H and O–H groups in total. The van der Waals surface area contributed by atoms with Crippen molar-refractivity contribution in [3.63, 3.8) is 0 Å². The highest BCUT2D eigenvalue weighted by Gasteiger charge is 2.38. The minimum absolute atomic E-state index is 0.0335. The fraction of sp³-hybridized carbons (Fsp3) is 0.500. The van der Waals surface area contributed by atoms with Crippen molar-refractivity contribution in [1.29, 1.82) is 0 Å². The molecule has 0 radical (unpaired) electrons. The summed E-state index contributed by atoms with van der Waals surface area (Å²) in [4.78, 5) is 16.3. The topological polar surface area (TPSA) is 79.9 Å². The SMILES string of the molecule is COC1(CC(=O)Nc2cnc3n[nH]c(C)c3c2)CCC1. The normalized spacial score (nSPS) is 16.9. The van der Waals surface area contributed by atoms with Crippen molar-refractivity contribution in [3.8, 4) is 0 Å². The van der Waals surface area contributed by atoms with Gasteiger partial charge in [0.1, 0.15) is 0 Å². The van der Waals surface area contributed by atoms with E-state index in [1.807, 2.05) is 13.0 Å². The van der Waals surface area contributed by atoms with Crippen LogP contribution in [0.15, 0.2) is 12.3 Å². The molecule has 6 heteroatoms. The third-order valence-electron chi connectivity index (χ3n) is 4.06. The van der Waals surface area contributed by atoms with E-state index in [0.29, 0.717) is 17.8 Å². The van der Waals surface area contributed by atoms with E-state index in [1.165, 1.54) is 0 Å². The third-order valence-corrected chi connectivity index (χ3v) is 4.06. The molecule has 0 bridgehead atoms. The van der Waals surface area contributed by atoms with Crippen LogP contribution in [0.5, 0.6) is 0 Å². The number of aromatic nitrogens is 3. The number of nitrogens with one attached hydrogen (secondary N) is 2. The van der Waals surface area contributed by atoms with Crippen molar-refractivity contribution < 1.29 is 9.53 Å². The molecule has 2 heterocycles. The number of nitrogens with zero attached hydrogens (tertiary/aromatic N) is 2. The number of H-pyrrole nitrogens is 1. The Balaban J connectivity index is 1.72. The molecule has 6 nitrogen and oxygen atoms in total. The van der Waals surface area contributed by atoms with E-state index in [2.05, 4.69) is 20.5 Å². The largest absolute Gasteiger partial charge is 0.378 e. The average Bonchev–Trinajstić information content (AvgIpc) is 2.76. The van der Waals surface area contributed by atoms with E-state index in [0.717, 1.165) is 30.3 Å². The van der Waals surface area contributed by atoms with Crippen LogP contribution in [0, 0.1) is 6.92 Å². The van der Waals surface area contributed by atoms with Gasteiger partial charge < -0.3 is 10.1 Å². The summed E-state index contributed by atoms with van der Waals surface area (Å²) >= 11 is 0. The fourth-order valence-electron chi connectivity index (χ4n) is 2.61. The molecule has 1 aliphatic rings. The molecule has 0 saturated heterocycles. The van der Waals surface area contributed by atoms with E-state index < -0.39 is 0 Å². The maximum Gasteiger partial charge on any atom is 0.227 e. The summed E-state index contributed by atoms with van der Waals surface area (Å²) in [5.41, 5.74) is 2.04. The second kappa shape index (κ2) is 4.86. The van der Waals surface area contributed by atoms with Crippen LogP contribution in [-0.2, 0) is 9.53 Å². The lowest BCUT2D eigenvalue weighted by atomic mass is 9.77. The van der Waals surface area contributed by atoms with Gasteiger partial charge >= 0.3 is 0 Å². The minimum Gasteiger partial charge on any atom is -0.378 e. The highest BCUT2D eigenvalue weighted by Crippen LogP contribution is 2.38. The number of aromatic amines is 1. The first-order valence-corrected chi connectivity index (χ1v) is 6.78. The number of aryl methyl sites for hydroxylation is 1. The lowest BCUT2D eigenvalue weighted by Crippen LogP contribution is -2.42. The number of carbonyl (C=O) groups excluding carboxylic acids is 1. The van der Waals surface area contributed by atoms with Crippen LogP contribution >= 0.6 is 0 Å². The fourth-order valence-corrected chi connectivity index (χ4v) is 2.61. The van der Waals surface area contributed by atoms with Crippen molar-refractivity contribution in [3.05, 3.63) is 18.0 Å². The van der Waals surface area contributed by atoms with Gasteiger partial charge in [0.2, 0.25) is 5.91 Å². The first-order valence-electron chi connectivity index (χ1n) is 6.78. The Morgan fingerprint density at radius 1 is 1.55 bits per heavy atom. The standard InChI is InChI=1S/C14H18N4O2/c1-9-11-6-10(8-15-13(11)18-17-9)16-12(19)7-14(20-2)4-3-5-14/h6,8H,3-5,7H2,1-2H3,(H,16,19)(H,15,17,18). The second-order valence-electron chi connectivity index (χ2n) is 5.41. The molecule has 0 aromatic carbocycles. The van der Waals surface area contributed by atoms with Crippen molar-refractivity contribution in [1.82, 2.24) is 15.2 Å². The molecule has 1 fully saturated rings. The number of pyridine rings is 1. The second-order valence-corrected chi connectivity index (χ2v) is 5.41. The van der Waals surface area contributed by atoms with Gasteiger partial charge in [0.05, 0.1) is 23.9 Å². The highest BCUT2D eigenvalue weighted by molar-refractivity contribution is 5.93. The number of hydrogen-bond donors (Lipinski definition) is 2. The van der Waals surface area contributed by atoms with Gasteiger partial charge in [-0.25, -0.2) is 4.98 Å². The van der Waals surface area contributed by atoms with E-state index in [-0.39, 0.29) is 11.5 Å². The van der Waals surface area contributed by atoms with Crippen molar-refractivity contribution in [2.24, 2.45) is 0 Å². The molecular weight excluding hydrogens is 256 g/mol. The Hall–Kier alpha value is -1.95. The number of rotatable bonds is 4. The number of amides is 1. The molecule has 3 rings (SSSR count). The molecule has 0 unspecified atom stereocenters. The molecule has 20 heavy (non-hydrogen) atoms. The Bertz CT molecular complexity index is 640. The quantitative estimate of drug-likeness (QED) is 0.895. The van der Waals surface area contributed by atoms with Crippen LogP contribution in [-0.4, -0.2) is 33.8 Å². The molecular formula is C14H18N4O2. The highest BCUT2D eigenvalue weighted by atomic mass is 16.5. The number of methoxy groups -OCH3 is 1. The monoisotopic (exact) mass is 274 g/mol. The lowest BCUT2D eigenvalue weighted by Gasteiger charge is -2.39. The molecule has 1 amide bonds. The summed E-state index contributed by atoms with van der Waals surface area (Å²) in [6.07, 6.45) is 5.06. The van der Waals surface area contributed by atoms with Gasteiger partial charge in [0.25, 0.3) is 0 Å². The summed E-state index contributed by atoms with van der Waals surface area (Å²) in [5, 5.41) is 10.8. The Kier molecular flexibility index (Phi) is 3.17. The van der Waals surface area contributed by atoms with Crippen LogP contribution in [0.1, 0.15) is 31.4 Å². The molecule has 1 aliphatic carbocycles. The number of hydrogen-bond acceptors (Lipinski definition) is 4. The molecule has 2 aromatic rings. The summed E-state index contributed by atoms with van der Waals surface area (Å²) in [7, 11) is 1.68. The summed E-state index contributed by atoms with van der Waals surface area (Å²) in [6, 6.07) is 1.89. The molecule has 2 aromatic heterocycles. The van der Waals surface area contributed by atoms with Crippen LogP contribution in [0.2, 0.25) is 0 Å². The lowest BCUT2D eigenvalue weighted by molar-refractivity contribution is -0.129. The van der Waals surface area contributed by atoms with Gasteiger partial charge in [0, 0.05) is 18.2 Å². The van der Waals surface area contributed by atoms with E-state index in [9.17, 15) is 4.79 Å². The zero-order valence-corrected chi connectivity index (χ0v) is 11.7. The maximum atomic E-state index is 12.1. The third kappa shape index (κ3) is 2.27. The molecule has 106 valence electrons. The predicted molar refractivity (Wildman–Crippen MR) is 75.5 cm³/mol. The smallest absolute Gasteiger partial charge is 0.227 e. The number of ether oxygens (including phenoxy) is 1. The molecule has 0 atom stereocenters. The zero-order chi connectivity index (χ0) is 14.2. The van der Waals surface area contributed by atoms with Gasteiger partial charge in [-0.2, -0.15) is 5.10 Å². The Morgan fingerprint density at radius 2 is 2.35 bits per heavy atom. The first kappa shape index (κ1) is 13.1. The average molecular weight is 274 g/mol. The predicted octanol–water partition coefficient (Wildman–Crippen LogP) is 2.16. The van der Waals surface area contributed by atoms with E-state index >= 15 is 0 Å². The van der Waals surface area contributed by atoms with Gasteiger partial charge in [-0.1, -0.05) is 0 Å². The van der Waals surface area contributed by atoms with Crippen molar-refractivity contribution in [2.45, 2.75) is 38.2 Å². The molecule has 0 aliphatic heterocycles.